The average Bonchev–Trinajstić information content (AvgIpc) is 2.38. The first-order chi connectivity index (χ1) is 9.78. The molecule has 0 bridgehead atoms. The van der Waals surface area contributed by atoms with Gasteiger partial charge in [0.1, 0.15) is 0 Å². The Bertz CT molecular complexity index is 302. The molecule has 0 spiro atoms. The number of halogens is 4. The first kappa shape index (κ1) is 24.0. The van der Waals surface area contributed by atoms with Crippen LogP contribution in [0.25, 0.3) is 0 Å². The fourth-order valence-corrected chi connectivity index (χ4v) is 1.64. The molecule has 1 atom stereocenters. The van der Waals surface area contributed by atoms with E-state index in [2.05, 4.69) is 20.5 Å². The van der Waals surface area contributed by atoms with E-state index in [9.17, 15) is 13.2 Å². The molecule has 0 aliphatic rings. The van der Waals surface area contributed by atoms with Gasteiger partial charge >= 0.3 is 6.18 Å². The van der Waals surface area contributed by atoms with Gasteiger partial charge < -0.3 is 20.3 Å². The fourth-order valence-electron chi connectivity index (χ4n) is 1.64. The lowest BCUT2D eigenvalue weighted by Gasteiger charge is -2.21. The smallest absolute Gasteiger partial charge is 0.377 e. The van der Waals surface area contributed by atoms with Crippen LogP contribution >= 0.6 is 24.0 Å². The van der Waals surface area contributed by atoms with Crippen molar-refractivity contribution in [2.24, 2.45) is 4.99 Å². The minimum Gasteiger partial charge on any atom is -0.377 e. The lowest BCUT2D eigenvalue weighted by Crippen LogP contribution is -2.43. The van der Waals surface area contributed by atoms with Crippen LogP contribution in [0.3, 0.4) is 0 Å². The van der Waals surface area contributed by atoms with Crippen molar-refractivity contribution in [1.29, 1.82) is 0 Å². The van der Waals surface area contributed by atoms with Gasteiger partial charge in [0.15, 0.2) is 5.96 Å². The Labute approximate surface area is 148 Å². The van der Waals surface area contributed by atoms with Crippen LogP contribution in [-0.2, 0) is 4.74 Å². The van der Waals surface area contributed by atoms with E-state index >= 15 is 0 Å². The number of hydrogen-bond donors (Lipinski definition) is 2. The quantitative estimate of drug-likeness (QED) is 0.328. The van der Waals surface area contributed by atoms with Crippen molar-refractivity contribution in [3.63, 3.8) is 0 Å². The average molecular weight is 440 g/mol. The summed E-state index contributed by atoms with van der Waals surface area (Å²) < 4.78 is 41.8. The second kappa shape index (κ2) is 13.2. The van der Waals surface area contributed by atoms with Crippen LogP contribution in [-0.4, -0.2) is 70.5 Å². The molecule has 22 heavy (non-hydrogen) atoms. The van der Waals surface area contributed by atoms with Crippen molar-refractivity contribution in [2.75, 3.05) is 47.4 Å². The number of hydrogen-bond acceptors (Lipinski definition) is 3. The lowest BCUT2D eigenvalue weighted by atomic mass is 10.2. The number of aliphatic imine (C=N–C) groups is 1. The number of alkyl halides is 3. The molecular weight excluding hydrogens is 412 g/mol. The molecule has 0 fully saturated rings. The summed E-state index contributed by atoms with van der Waals surface area (Å²) >= 11 is 0. The predicted octanol–water partition coefficient (Wildman–Crippen LogP) is 2.08. The molecule has 0 aliphatic heterocycles. The summed E-state index contributed by atoms with van der Waals surface area (Å²) in [5.41, 5.74) is 0. The Kier molecular flexibility index (Phi) is 14.4. The second-order valence-electron chi connectivity index (χ2n) is 4.91. The van der Waals surface area contributed by atoms with E-state index in [1.807, 2.05) is 21.0 Å². The molecule has 0 saturated heterocycles. The van der Waals surface area contributed by atoms with Crippen LogP contribution in [0.1, 0.15) is 19.8 Å². The van der Waals surface area contributed by atoms with Gasteiger partial charge in [0.2, 0.25) is 0 Å². The van der Waals surface area contributed by atoms with Crippen molar-refractivity contribution in [1.82, 2.24) is 15.5 Å². The van der Waals surface area contributed by atoms with Crippen molar-refractivity contribution < 1.29 is 17.9 Å². The maximum Gasteiger partial charge on any atom is 0.390 e. The molecule has 1 unspecified atom stereocenters. The topological polar surface area (TPSA) is 48.9 Å². The number of nitrogens with one attached hydrogen (secondary N) is 2. The molecule has 2 N–H and O–H groups in total. The van der Waals surface area contributed by atoms with E-state index in [-0.39, 0.29) is 36.6 Å². The maximum absolute atomic E-state index is 12.1. The molecular formula is C13H28F3IN4O. The molecule has 0 aromatic heterocycles. The molecule has 0 aromatic carbocycles. The molecule has 134 valence electrons. The van der Waals surface area contributed by atoms with Gasteiger partial charge in [-0.2, -0.15) is 13.2 Å². The van der Waals surface area contributed by atoms with Crippen LogP contribution in [0.4, 0.5) is 13.2 Å². The Morgan fingerprint density at radius 1 is 1.27 bits per heavy atom. The third kappa shape index (κ3) is 14.6. The summed E-state index contributed by atoms with van der Waals surface area (Å²) in [7, 11) is 5.49. The lowest BCUT2D eigenvalue weighted by molar-refractivity contribution is -0.132. The van der Waals surface area contributed by atoms with Crippen LogP contribution < -0.4 is 10.6 Å². The normalized spacial score (nSPS) is 13.7. The standard InChI is InChI=1S/C13H27F3N4O.HI/c1-5-21-11(6-9-20(3)4)10-19-12(17-2)18-8-7-13(14,15)16;/h11H,5-10H2,1-4H3,(H2,17,18,19);1H. The summed E-state index contributed by atoms with van der Waals surface area (Å²) in [6.45, 7) is 3.71. The Morgan fingerprint density at radius 2 is 1.91 bits per heavy atom. The van der Waals surface area contributed by atoms with Crippen LogP contribution in [0, 0.1) is 0 Å². The maximum atomic E-state index is 12.1. The van der Waals surface area contributed by atoms with Crippen molar-refractivity contribution >= 4 is 29.9 Å². The number of nitrogens with zero attached hydrogens (tertiary/aromatic N) is 2. The van der Waals surface area contributed by atoms with Gasteiger partial charge in [0.25, 0.3) is 0 Å². The van der Waals surface area contributed by atoms with Gasteiger partial charge in [0, 0.05) is 33.3 Å². The molecule has 0 rings (SSSR count). The van der Waals surface area contributed by atoms with Crippen LogP contribution in [0.15, 0.2) is 4.99 Å². The number of guanidine groups is 1. The van der Waals surface area contributed by atoms with Crippen molar-refractivity contribution in [3.8, 4) is 0 Å². The highest BCUT2D eigenvalue weighted by molar-refractivity contribution is 14.0. The van der Waals surface area contributed by atoms with Crippen molar-refractivity contribution in [3.05, 3.63) is 0 Å². The van der Waals surface area contributed by atoms with E-state index in [1.54, 1.807) is 0 Å². The van der Waals surface area contributed by atoms with Gasteiger partial charge in [-0.3, -0.25) is 4.99 Å². The fraction of sp³-hybridized carbons (Fsp3) is 0.923. The number of ether oxygens (including phenoxy) is 1. The first-order valence-corrected chi connectivity index (χ1v) is 7.06. The van der Waals surface area contributed by atoms with Crippen LogP contribution in [0.2, 0.25) is 0 Å². The first-order valence-electron chi connectivity index (χ1n) is 7.06. The third-order valence-electron chi connectivity index (χ3n) is 2.72. The monoisotopic (exact) mass is 440 g/mol. The van der Waals surface area contributed by atoms with Gasteiger partial charge in [-0.15, -0.1) is 24.0 Å². The summed E-state index contributed by atoms with van der Waals surface area (Å²) in [6.07, 6.45) is -4.21. The van der Waals surface area contributed by atoms with Gasteiger partial charge in [0.05, 0.1) is 12.5 Å². The summed E-state index contributed by atoms with van der Waals surface area (Å²) in [6, 6.07) is 0. The molecule has 5 nitrogen and oxygen atoms in total. The zero-order valence-corrected chi connectivity index (χ0v) is 16.0. The zero-order chi connectivity index (χ0) is 16.3. The molecule has 0 aromatic rings. The van der Waals surface area contributed by atoms with E-state index in [0.29, 0.717) is 19.1 Å². The highest BCUT2D eigenvalue weighted by Gasteiger charge is 2.26. The molecule has 0 amide bonds. The third-order valence-corrected chi connectivity index (χ3v) is 2.72. The highest BCUT2D eigenvalue weighted by atomic mass is 127. The minimum absolute atomic E-state index is 0. The van der Waals surface area contributed by atoms with Crippen molar-refractivity contribution in [2.45, 2.75) is 32.0 Å². The molecule has 0 saturated carbocycles. The number of rotatable bonds is 9. The van der Waals surface area contributed by atoms with Gasteiger partial charge in [-0.25, -0.2) is 0 Å². The second-order valence-corrected chi connectivity index (χ2v) is 4.91. The molecule has 9 heteroatoms. The highest BCUT2D eigenvalue weighted by Crippen LogP contribution is 2.17. The van der Waals surface area contributed by atoms with E-state index < -0.39 is 12.6 Å². The van der Waals surface area contributed by atoms with Gasteiger partial charge in [-0.1, -0.05) is 0 Å². The Morgan fingerprint density at radius 3 is 2.36 bits per heavy atom. The minimum atomic E-state index is -4.16. The summed E-state index contributed by atoms with van der Waals surface area (Å²) in [5.74, 6) is 0.355. The Hall–Kier alpha value is -0.290. The van der Waals surface area contributed by atoms with E-state index in [4.69, 9.17) is 4.74 Å². The Balaban J connectivity index is 0. The van der Waals surface area contributed by atoms with Crippen LogP contribution in [0.5, 0.6) is 0 Å². The molecule has 0 aliphatic carbocycles. The SMILES string of the molecule is CCOC(CCN(C)C)CNC(=NC)NCCC(F)(F)F.I. The largest absolute Gasteiger partial charge is 0.390 e. The zero-order valence-electron chi connectivity index (χ0n) is 13.7. The van der Waals surface area contributed by atoms with E-state index in [0.717, 1.165) is 13.0 Å². The summed E-state index contributed by atoms with van der Waals surface area (Å²) in [4.78, 5) is 5.95. The summed E-state index contributed by atoms with van der Waals surface area (Å²) in [5, 5.41) is 5.63. The van der Waals surface area contributed by atoms with E-state index in [1.165, 1.54) is 7.05 Å². The predicted molar refractivity (Wildman–Crippen MR) is 94.0 cm³/mol. The molecule has 0 radical (unpaired) electrons. The van der Waals surface area contributed by atoms with Gasteiger partial charge in [-0.05, 0) is 27.4 Å². The molecule has 0 heterocycles.